The fourth-order valence-electron chi connectivity index (χ4n) is 0.876. The first-order valence-corrected chi connectivity index (χ1v) is 4.39. The average molecular weight is 259 g/mol. The molecule has 4 N–H and O–H groups in total. The largest absolute Gasteiger partial charge is 0.507 e. The molecule has 0 heterocycles. The van der Waals surface area contributed by atoms with Crippen LogP contribution in [0.5, 0.6) is 5.75 Å². The van der Waals surface area contributed by atoms with Crippen molar-refractivity contribution in [1.82, 2.24) is 5.32 Å². The number of amides is 3. The maximum atomic E-state index is 11.2. The van der Waals surface area contributed by atoms with Crippen molar-refractivity contribution in [2.45, 2.75) is 0 Å². The van der Waals surface area contributed by atoms with E-state index < -0.39 is 11.9 Å². The molecule has 0 spiro atoms. The number of halogens is 1. The number of primary amides is 1. The number of nitrogens with two attached hydrogens (primary N) is 1. The Labute approximate surface area is 88.0 Å². The summed E-state index contributed by atoms with van der Waals surface area (Å²) in [6.07, 6.45) is 0. The third kappa shape index (κ3) is 2.46. The molecule has 0 radical (unpaired) electrons. The van der Waals surface area contributed by atoms with Crippen LogP contribution >= 0.6 is 15.9 Å². The van der Waals surface area contributed by atoms with Crippen LogP contribution in [0.1, 0.15) is 10.4 Å². The third-order valence-corrected chi connectivity index (χ3v) is 1.93. The van der Waals surface area contributed by atoms with E-state index in [1.807, 2.05) is 5.32 Å². The number of aromatic hydroxyl groups is 1. The minimum Gasteiger partial charge on any atom is -0.507 e. The summed E-state index contributed by atoms with van der Waals surface area (Å²) in [4.78, 5) is 21.6. The lowest BCUT2D eigenvalue weighted by atomic mass is 10.2. The molecule has 1 rings (SSSR count). The predicted molar refractivity (Wildman–Crippen MR) is 52.9 cm³/mol. The molecule has 5 nitrogen and oxygen atoms in total. The van der Waals surface area contributed by atoms with Crippen LogP contribution in [0.25, 0.3) is 0 Å². The Morgan fingerprint density at radius 2 is 2.07 bits per heavy atom. The SMILES string of the molecule is NC(=O)NC(=O)c1ccc(Br)cc1O. The van der Waals surface area contributed by atoms with Crippen LogP contribution in [0.2, 0.25) is 0 Å². The Morgan fingerprint density at radius 3 is 2.57 bits per heavy atom. The van der Waals surface area contributed by atoms with Crippen molar-refractivity contribution in [3.8, 4) is 5.75 Å². The Morgan fingerprint density at radius 1 is 1.43 bits per heavy atom. The van der Waals surface area contributed by atoms with Crippen LogP contribution in [-0.4, -0.2) is 17.0 Å². The fraction of sp³-hybridized carbons (Fsp3) is 0. The number of urea groups is 1. The number of imide groups is 1. The van der Waals surface area contributed by atoms with E-state index in [0.717, 1.165) is 0 Å². The molecule has 1 aromatic carbocycles. The van der Waals surface area contributed by atoms with Gasteiger partial charge in [0, 0.05) is 4.47 Å². The van der Waals surface area contributed by atoms with Gasteiger partial charge < -0.3 is 10.8 Å². The Balaban J connectivity index is 2.96. The standard InChI is InChI=1S/C8H7BrN2O3/c9-4-1-2-5(6(12)3-4)7(13)11-8(10)14/h1-3,12H,(H3,10,11,13,14). The topological polar surface area (TPSA) is 92.4 Å². The zero-order valence-electron chi connectivity index (χ0n) is 6.95. The molecule has 0 unspecified atom stereocenters. The number of hydrogen-bond acceptors (Lipinski definition) is 3. The lowest BCUT2D eigenvalue weighted by molar-refractivity contribution is 0.0963. The molecule has 14 heavy (non-hydrogen) atoms. The normalized spacial score (nSPS) is 9.50. The highest BCUT2D eigenvalue weighted by molar-refractivity contribution is 9.10. The minimum absolute atomic E-state index is 0.00741. The van der Waals surface area contributed by atoms with Gasteiger partial charge in [0.15, 0.2) is 0 Å². The smallest absolute Gasteiger partial charge is 0.319 e. The summed E-state index contributed by atoms with van der Waals surface area (Å²) in [6.45, 7) is 0. The summed E-state index contributed by atoms with van der Waals surface area (Å²) in [6, 6.07) is 3.32. The second-order valence-electron chi connectivity index (χ2n) is 2.48. The van der Waals surface area contributed by atoms with Crippen LogP contribution in [0, 0.1) is 0 Å². The summed E-state index contributed by atoms with van der Waals surface area (Å²) >= 11 is 3.11. The summed E-state index contributed by atoms with van der Waals surface area (Å²) < 4.78 is 0.630. The van der Waals surface area contributed by atoms with Crippen molar-refractivity contribution >= 4 is 27.9 Å². The second kappa shape index (κ2) is 4.10. The van der Waals surface area contributed by atoms with E-state index in [2.05, 4.69) is 15.9 Å². The molecule has 3 amide bonds. The number of rotatable bonds is 1. The van der Waals surface area contributed by atoms with Gasteiger partial charge in [-0.1, -0.05) is 15.9 Å². The number of carbonyl (C=O) groups is 2. The van der Waals surface area contributed by atoms with Gasteiger partial charge in [0.25, 0.3) is 5.91 Å². The first-order valence-electron chi connectivity index (χ1n) is 3.60. The zero-order valence-corrected chi connectivity index (χ0v) is 8.54. The Bertz CT molecular complexity index is 392. The van der Waals surface area contributed by atoms with E-state index in [1.54, 1.807) is 6.07 Å². The molecule has 0 atom stereocenters. The predicted octanol–water partition coefficient (Wildman–Crippen LogP) is 0.963. The van der Waals surface area contributed by atoms with Crippen molar-refractivity contribution in [3.05, 3.63) is 28.2 Å². The van der Waals surface area contributed by atoms with Crippen LogP contribution in [-0.2, 0) is 0 Å². The van der Waals surface area contributed by atoms with Gasteiger partial charge in [-0.15, -0.1) is 0 Å². The van der Waals surface area contributed by atoms with E-state index in [1.165, 1.54) is 12.1 Å². The highest BCUT2D eigenvalue weighted by atomic mass is 79.9. The molecule has 0 saturated heterocycles. The second-order valence-corrected chi connectivity index (χ2v) is 3.40. The Kier molecular flexibility index (Phi) is 3.08. The van der Waals surface area contributed by atoms with Gasteiger partial charge in [-0.3, -0.25) is 10.1 Å². The summed E-state index contributed by atoms with van der Waals surface area (Å²) in [5, 5.41) is 11.2. The van der Waals surface area contributed by atoms with Gasteiger partial charge >= 0.3 is 6.03 Å². The molecule has 0 bridgehead atoms. The van der Waals surface area contributed by atoms with Crippen LogP contribution in [0.4, 0.5) is 4.79 Å². The van der Waals surface area contributed by atoms with Crippen molar-refractivity contribution in [1.29, 1.82) is 0 Å². The summed E-state index contributed by atoms with van der Waals surface area (Å²) in [5.41, 5.74) is 4.74. The molecule has 0 aliphatic heterocycles. The lowest BCUT2D eigenvalue weighted by Gasteiger charge is -2.03. The van der Waals surface area contributed by atoms with Crippen molar-refractivity contribution in [2.24, 2.45) is 5.73 Å². The Hall–Kier alpha value is -1.56. The average Bonchev–Trinajstić information content (AvgIpc) is 2.01. The van der Waals surface area contributed by atoms with Crippen LogP contribution in [0.15, 0.2) is 22.7 Å². The molecule has 74 valence electrons. The number of nitrogens with one attached hydrogen (secondary N) is 1. The molecule has 0 fully saturated rings. The maximum absolute atomic E-state index is 11.2. The molecule has 0 aliphatic rings. The van der Waals surface area contributed by atoms with Crippen molar-refractivity contribution in [3.63, 3.8) is 0 Å². The van der Waals surface area contributed by atoms with Gasteiger partial charge in [0.2, 0.25) is 0 Å². The fourth-order valence-corrected chi connectivity index (χ4v) is 1.23. The van der Waals surface area contributed by atoms with E-state index in [0.29, 0.717) is 4.47 Å². The molecule has 6 heteroatoms. The number of hydrogen-bond donors (Lipinski definition) is 3. The highest BCUT2D eigenvalue weighted by Gasteiger charge is 2.12. The zero-order chi connectivity index (χ0) is 10.7. The highest BCUT2D eigenvalue weighted by Crippen LogP contribution is 2.21. The first kappa shape index (κ1) is 10.5. The van der Waals surface area contributed by atoms with Crippen LogP contribution in [0.3, 0.4) is 0 Å². The van der Waals surface area contributed by atoms with E-state index in [-0.39, 0.29) is 11.3 Å². The van der Waals surface area contributed by atoms with Crippen molar-refractivity contribution < 1.29 is 14.7 Å². The number of phenolic OH excluding ortho intramolecular Hbond substituents is 1. The van der Waals surface area contributed by atoms with Crippen LogP contribution < -0.4 is 11.1 Å². The quantitative estimate of drug-likeness (QED) is 0.701. The van der Waals surface area contributed by atoms with Gasteiger partial charge in [0.1, 0.15) is 5.75 Å². The maximum Gasteiger partial charge on any atom is 0.319 e. The molecule has 0 saturated carbocycles. The third-order valence-electron chi connectivity index (χ3n) is 1.44. The lowest BCUT2D eigenvalue weighted by Crippen LogP contribution is -2.34. The van der Waals surface area contributed by atoms with Gasteiger partial charge in [-0.05, 0) is 18.2 Å². The van der Waals surface area contributed by atoms with Gasteiger partial charge in [0.05, 0.1) is 5.56 Å². The molecule has 1 aromatic rings. The van der Waals surface area contributed by atoms with E-state index in [9.17, 15) is 14.7 Å². The van der Waals surface area contributed by atoms with Crippen molar-refractivity contribution in [2.75, 3.05) is 0 Å². The molecular formula is C8H7BrN2O3. The number of phenols is 1. The van der Waals surface area contributed by atoms with E-state index >= 15 is 0 Å². The molecule has 0 aliphatic carbocycles. The van der Waals surface area contributed by atoms with Gasteiger partial charge in [-0.2, -0.15) is 0 Å². The number of carbonyl (C=O) groups excluding carboxylic acids is 2. The van der Waals surface area contributed by atoms with E-state index in [4.69, 9.17) is 5.73 Å². The molecular weight excluding hydrogens is 252 g/mol. The minimum atomic E-state index is -0.961. The first-order chi connectivity index (χ1) is 6.50. The molecule has 0 aromatic heterocycles. The monoisotopic (exact) mass is 258 g/mol. The number of benzene rings is 1. The summed E-state index contributed by atoms with van der Waals surface area (Å²) in [7, 11) is 0. The van der Waals surface area contributed by atoms with Gasteiger partial charge in [-0.25, -0.2) is 4.79 Å². The summed E-state index contributed by atoms with van der Waals surface area (Å²) in [5.74, 6) is -0.958.